The lowest BCUT2D eigenvalue weighted by Gasteiger charge is -2.07. The molecule has 1 heterocycles. The van der Waals surface area contributed by atoms with Crippen molar-refractivity contribution in [2.24, 2.45) is 0 Å². The molecule has 2 rings (SSSR count). The number of pyridine rings is 1. The fourth-order valence-electron chi connectivity index (χ4n) is 1.52. The van der Waals surface area contributed by atoms with Crippen molar-refractivity contribution in [2.75, 3.05) is 5.32 Å². The van der Waals surface area contributed by atoms with Crippen molar-refractivity contribution in [3.05, 3.63) is 58.7 Å². The lowest BCUT2D eigenvalue weighted by Crippen LogP contribution is -2.17. The summed E-state index contributed by atoms with van der Waals surface area (Å²) in [6.07, 6.45) is 1.48. The van der Waals surface area contributed by atoms with E-state index in [0.29, 0.717) is 0 Å². The summed E-state index contributed by atoms with van der Waals surface area (Å²) in [4.78, 5) is 26.9. The number of halogens is 1. The summed E-state index contributed by atoms with van der Waals surface area (Å²) >= 11 is 5.86. The number of aromatic carboxylic acids is 1. The molecule has 2 N–H and O–H groups in total. The molecule has 0 saturated carbocycles. The standard InChI is InChI=1S/C13H9ClN2O3/c14-10-6-3-7-15-11(10)16-12(17)8-4-1-2-5-9(8)13(18)19/h1-7H,(H,18,19)(H,15,16,17). The Hall–Kier alpha value is -2.40. The van der Waals surface area contributed by atoms with E-state index in [2.05, 4.69) is 10.3 Å². The van der Waals surface area contributed by atoms with E-state index in [1.54, 1.807) is 24.3 Å². The van der Waals surface area contributed by atoms with Gasteiger partial charge in [0.2, 0.25) is 0 Å². The van der Waals surface area contributed by atoms with Crippen LogP contribution in [0.25, 0.3) is 0 Å². The minimum Gasteiger partial charge on any atom is -0.478 e. The van der Waals surface area contributed by atoms with Crippen LogP contribution in [0, 0.1) is 0 Å². The largest absolute Gasteiger partial charge is 0.478 e. The molecule has 0 radical (unpaired) electrons. The zero-order chi connectivity index (χ0) is 13.8. The molecule has 6 heteroatoms. The summed E-state index contributed by atoms with van der Waals surface area (Å²) in [6, 6.07) is 9.12. The van der Waals surface area contributed by atoms with Crippen molar-refractivity contribution in [3.63, 3.8) is 0 Å². The van der Waals surface area contributed by atoms with E-state index in [4.69, 9.17) is 16.7 Å². The van der Waals surface area contributed by atoms with Crippen LogP contribution in [0.1, 0.15) is 20.7 Å². The number of carbonyl (C=O) groups is 2. The molecule has 1 aromatic carbocycles. The van der Waals surface area contributed by atoms with Crippen molar-refractivity contribution < 1.29 is 14.7 Å². The molecule has 5 nitrogen and oxygen atoms in total. The molecule has 0 saturated heterocycles. The van der Waals surface area contributed by atoms with Gasteiger partial charge in [0, 0.05) is 6.20 Å². The smallest absolute Gasteiger partial charge is 0.336 e. The Bertz CT molecular complexity index is 643. The summed E-state index contributed by atoms with van der Waals surface area (Å²) in [6.45, 7) is 0. The minimum absolute atomic E-state index is 0.0525. The number of carbonyl (C=O) groups excluding carboxylic acids is 1. The average molecular weight is 277 g/mol. The first-order valence-corrected chi connectivity index (χ1v) is 5.71. The Labute approximate surface area is 113 Å². The number of nitrogens with one attached hydrogen (secondary N) is 1. The van der Waals surface area contributed by atoms with Crippen molar-refractivity contribution in [2.45, 2.75) is 0 Å². The SMILES string of the molecule is O=C(O)c1ccccc1C(=O)Nc1ncccc1Cl. The maximum Gasteiger partial charge on any atom is 0.336 e. The second-order valence-electron chi connectivity index (χ2n) is 3.64. The molecular weight excluding hydrogens is 268 g/mol. The molecule has 0 fully saturated rings. The molecule has 96 valence electrons. The molecule has 0 aliphatic rings. The molecule has 0 unspecified atom stereocenters. The number of anilines is 1. The molecule has 0 atom stereocenters. The third-order valence-electron chi connectivity index (χ3n) is 2.39. The van der Waals surface area contributed by atoms with Gasteiger partial charge in [-0.3, -0.25) is 4.79 Å². The highest BCUT2D eigenvalue weighted by Crippen LogP contribution is 2.19. The Kier molecular flexibility index (Phi) is 3.77. The van der Waals surface area contributed by atoms with Crippen LogP contribution >= 0.6 is 11.6 Å². The van der Waals surface area contributed by atoms with E-state index in [0.717, 1.165) is 0 Å². The van der Waals surface area contributed by atoms with E-state index < -0.39 is 11.9 Å². The summed E-state index contributed by atoms with van der Waals surface area (Å²) in [7, 11) is 0. The lowest BCUT2D eigenvalue weighted by atomic mass is 10.1. The number of nitrogens with zero attached hydrogens (tertiary/aromatic N) is 1. The van der Waals surface area contributed by atoms with Crippen LogP contribution in [0.15, 0.2) is 42.6 Å². The topological polar surface area (TPSA) is 79.3 Å². The number of hydrogen-bond acceptors (Lipinski definition) is 3. The number of carboxylic acids is 1. The van der Waals surface area contributed by atoms with Gasteiger partial charge in [0.1, 0.15) is 0 Å². The molecular formula is C13H9ClN2O3. The van der Waals surface area contributed by atoms with Crippen LogP contribution in [0.3, 0.4) is 0 Å². The van der Waals surface area contributed by atoms with Crippen molar-refractivity contribution in [1.82, 2.24) is 4.98 Å². The molecule has 1 amide bonds. The second kappa shape index (κ2) is 5.49. The number of rotatable bonds is 3. The lowest BCUT2D eigenvalue weighted by molar-refractivity contribution is 0.0692. The van der Waals surface area contributed by atoms with Crippen LogP contribution in [-0.4, -0.2) is 22.0 Å². The second-order valence-corrected chi connectivity index (χ2v) is 4.05. The van der Waals surface area contributed by atoms with Gasteiger partial charge in [-0.25, -0.2) is 9.78 Å². The van der Waals surface area contributed by atoms with E-state index in [1.165, 1.54) is 18.3 Å². The molecule has 0 bridgehead atoms. The fraction of sp³-hybridized carbons (Fsp3) is 0. The number of hydrogen-bond donors (Lipinski definition) is 2. The molecule has 0 aliphatic heterocycles. The van der Waals surface area contributed by atoms with Gasteiger partial charge in [-0.05, 0) is 24.3 Å². The van der Waals surface area contributed by atoms with Crippen LogP contribution in [0.2, 0.25) is 5.02 Å². The average Bonchev–Trinajstić information content (AvgIpc) is 2.41. The van der Waals surface area contributed by atoms with Gasteiger partial charge in [-0.1, -0.05) is 23.7 Å². The maximum atomic E-state index is 12.0. The van der Waals surface area contributed by atoms with Gasteiger partial charge in [0.15, 0.2) is 5.82 Å². The zero-order valence-corrected chi connectivity index (χ0v) is 10.4. The Balaban J connectivity index is 2.31. The van der Waals surface area contributed by atoms with Gasteiger partial charge in [0.25, 0.3) is 5.91 Å². The summed E-state index contributed by atoms with van der Waals surface area (Å²) in [5.74, 6) is -1.55. The minimum atomic E-state index is -1.17. The first kappa shape index (κ1) is 13.0. The third-order valence-corrected chi connectivity index (χ3v) is 2.70. The van der Waals surface area contributed by atoms with Crippen LogP contribution in [0.5, 0.6) is 0 Å². The van der Waals surface area contributed by atoms with Crippen LogP contribution < -0.4 is 5.32 Å². The normalized spacial score (nSPS) is 9.95. The quantitative estimate of drug-likeness (QED) is 0.903. The Morgan fingerprint density at radius 2 is 1.79 bits per heavy atom. The summed E-state index contributed by atoms with van der Waals surface area (Å²) in [5.41, 5.74) is -0.0243. The molecule has 0 spiro atoms. The molecule has 2 aromatic rings. The Morgan fingerprint density at radius 3 is 2.42 bits per heavy atom. The van der Waals surface area contributed by atoms with E-state index in [-0.39, 0.29) is 22.0 Å². The van der Waals surface area contributed by atoms with Crippen molar-refractivity contribution in [1.29, 1.82) is 0 Å². The maximum absolute atomic E-state index is 12.0. The fourth-order valence-corrected chi connectivity index (χ4v) is 1.69. The predicted molar refractivity (Wildman–Crippen MR) is 70.6 cm³/mol. The van der Waals surface area contributed by atoms with E-state index in [1.807, 2.05) is 0 Å². The molecule has 0 aliphatic carbocycles. The van der Waals surface area contributed by atoms with Gasteiger partial charge in [-0.15, -0.1) is 0 Å². The number of amides is 1. The monoisotopic (exact) mass is 276 g/mol. The van der Waals surface area contributed by atoms with E-state index >= 15 is 0 Å². The number of carboxylic acid groups (broad SMARTS) is 1. The van der Waals surface area contributed by atoms with Crippen molar-refractivity contribution in [3.8, 4) is 0 Å². The molecule has 1 aromatic heterocycles. The molecule has 19 heavy (non-hydrogen) atoms. The van der Waals surface area contributed by atoms with Gasteiger partial charge >= 0.3 is 5.97 Å². The highest BCUT2D eigenvalue weighted by molar-refractivity contribution is 6.33. The Morgan fingerprint density at radius 1 is 1.11 bits per heavy atom. The summed E-state index contributed by atoms with van der Waals surface area (Å²) in [5, 5.41) is 11.8. The van der Waals surface area contributed by atoms with Gasteiger partial charge in [0.05, 0.1) is 16.1 Å². The first-order valence-electron chi connectivity index (χ1n) is 5.34. The van der Waals surface area contributed by atoms with Crippen LogP contribution in [-0.2, 0) is 0 Å². The highest BCUT2D eigenvalue weighted by Gasteiger charge is 2.16. The van der Waals surface area contributed by atoms with E-state index in [9.17, 15) is 9.59 Å². The van der Waals surface area contributed by atoms with Crippen LogP contribution in [0.4, 0.5) is 5.82 Å². The van der Waals surface area contributed by atoms with Gasteiger partial charge < -0.3 is 10.4 Å². The van der Waals surface area contributed by atoms with Crippen molar-refractivity contribution >= 4 is 29.3 Å². The summed E-state index contributed by atoms with van der Waals surface area (Å²) < 4.78 is 0. The zero-order valence-electron chi connectivity index (χ0n) is 9.63. The number of benzene rings is 1. The third kappa shape index (κ3) is 2.89. The number of aromatic nitrogens is 1. The predicted octanol–water partition coefficient (Wildman–Crippen LogP) is 2.69. The van der Waals surface area contributed by atoms with Gasteiger partial charge in [-0.2, -0.15) is 0 Å². The highest BCUT2D eigenvalue weighted by atomic mass is 35.5. The first-order chi connectivity index (χ1) is 9.09.